The lowest BCUT2D eigenvalue weighted by Gasteiger charge is -2.20. The van der Waals surface area contributed by atoms with Crippen molar-refractivity contribution in [2.24, 2.45) is 0 Å². The summed E-state index contributed by atoms with van der Waals surface area (Å²) in [4.78, 5) is 11.4. The first kappa shape index (κ1) is 16.9. The molecular weight excluding hydrogens is 258 g/mol. The molecule has 0 aromatic carbocycles. The van der Waals surface area contributed by atoms with Crippen LogP contribution in [0, 0.1) is 0 Å². The fourth-order valence-electron chi connectivity index (χ4n) is 0.959. The molecule has 0 radical (unpaired) electrons. The first-order chi connectivity index (χ1) is 8.06. The zero-order valence-corrected chi connectivity index (χ0v) is 12.2. The Morgan fingerprint density at radius 1 is 1.39 bits per heavy atom. The third-order valence-corrected chi connectivity index (χ3v) is 2.62. The van der Waals surface area contributed by atoms with E-state index in [-0.39, 0.29) is 6.61 Å². The molecule has 0 saturated heterocycles. The van der Waals surface area contributed by atoms with Crippen LogP contribution < -0.4 is 5.32 Å². The summed E-state index contributed by atoms with van der Waals surface area (Å²) in [5.41, 5.74) is -0.592. The average molecular weight is 279 g/mol. The smallest absolute Gasteiger partial charge is 0.408 e. The quantitative estimate of drug-likeness (QED) is 0.776. The molecular formula is C11H21NO5S. The van der Waals surface area contributed by atoms with E-state index in [0.717, 1.165) is 5.41 Å². The van der Waals surface area contributed by atoms with Crippen molar-refractivity contribution < 1.29 is 22.1 Å². The van der Waals surface area contributed by atoms with Gasteiger partial charge in [-0.1, -0.05) is 0 Å². The molecule has 0 aromatic rings. The van der Waals surface area contributed by atoms with Crippen molar-refractivity contribution in [3.05, 3.63) is 11.5 Å². The van der Waals surface area contributed by atoms with Gasteiger partial charge in [0.15, 0.2) is 0 Å². The maximum Gasteiger partial charge on any atom is 0.408 e. The Balaban J connectivity index is 4.32. The maximum absolute atomic E-state index is 11.4. The Morgan fingerprint density at radius 3 is 2.39 bits per heavy atom. The van der Waals surface area contributed by atoms with E-state index in [1.165, 1.54) is 6.08 Å². The number of hydrogen-bond donors (Lipinski definition) is 1. The normalized spacial score (nSPS) is 14.5. The molecule has 7 heteroatoms. The van der Waals surface area contributed by atoms with Gasteiger partial charge in [-0.2, -0.15) is 8.42 Å². The Bertz CT molecular complexity index is 394. The molecule has 18 heavy (non-hydrogen) atoms. The van der Waals surface area contributed by atoms with Gasteiger partial charge in [-0.3, -0.25) is 4.18 Å². The molecule has 0 aromatic heterocycles. The lowest BCUT2D eigenvalue weighted by Crippen LogP contribution is -2.36. The Kier molecular flexibility index (Phi) is 6.34. The SMILES string of the molecule is CCOS(=O)(=O)/C=C/[C@H](C)NC(=O)OC(C)(C)C. The van der Waals surface area contributed by atoms with Crippen LogP contribution in [0.5, 0.6) is 0 Å². The van der Waals surface area contributed by atoms with Crippen LogP contribution in [-0.4, -0.2) is 32.8 Å². The molecule has 0 rings (SSSR count). The second-order valence-electron chi connectivity index (χ2n) is 4.66. The van der Waals surface area contributed by atoms with E-state index >= 15 is 0 Å². The number of carbonyl (C=O) groups excluding carboxylic acids is 1. The van der Waals surface area contributed by atoms with Crippen molar-refractivity contribution in [2.45, 2.75) is 46.3 Å². The van der Waals surface area contributed by atoms with Crippen molar-refractivity contribution in [1.82, 2.24) is 5.32 Å². The zero-order chi connectivity index (χ0) is 14.4. The van der Waals surface area contributed by atoms with Crippen LogP contribution in [0.4, 0.5) is 4.79 Å². The third-order valence-electron chi connectivity index (χ3n) is 1.56. The minimum absolute atomic E-state index is 0.0700. The summed E-state index contributed by atoms with van der Waals surface area (Å²) in [5, 5.41) is 3.40. The summed E-state index contributed by atoms with van der Waals surface area (Å²) in [6, 6.07) is -0.477. The minimum atomic E-state index is -3.67. The first-order valence-electron chi connectivity index (χ1n) is 5.63. The molecule has 0 heterocycles. The summed E-state index contributed by atoms with van der Waals surface area (Å²) in [6.07, 6.45) is 0.711. The van der Waals surface area contributed by atoms with Gasteiger partial charge in [0.25, 0.3) is 10.1 Å². The average Bonchev–Trinajstić information content (AvgIpc) is 2.11. The molecule has 1 atom stereocenters. The Hall–Kier alpha value is -1.08. The van der Waals surface area contributed by atoms with Gasteiger partial charge in [0.1, 0.15) is 5.60 Å². The summed E-state index contributed by atoms with van der Waals surface area (Å²) in [5.74, 6) is 0. The highest BCUT2D eigenvalue weighted by Crippen LogP contribution is 2.07. The maximum atomic E-state index is 11.4. The molecule has 6 nitrogen and oxygen atoms in total. The van der Waals surface area contributed by atoms with Crippen LogP contribution in [0.1, 0.15) is 34.6 Å². The Morgan fingerprint density at radius 2 is 1.94 bits per heavy atom. The van der Waals surface area contributed by atoms with Crippen molar-refractivity contribution in [3.8, 4) is 0 Å². The number of rotatable bonds is 5. The predicted octanol–water partition coefficient (Wildman–Crippen LogP) is 1.78. The van der Waals surface area contributed by atoms with Crippen LogP contribution in [-0.2, 0) is 19.0 Å². The zero-order valence-electron chi connectivity index (χ0n) is 11.4. The van der Waals surface area contributed by atoms with Crippen LogP contribution in [0.3, 0.4) is 0 Å². The van der Waals surface area contributed by atoms with E-state index in [9.17, 15) is 13.2 Å². The van der Waals surface area contributed by atoms with Gasteiger partial charge in [0, 0.05) is 6.04 Å². The molecule has 0 aliphatic heterocycles. The van der Waals surface area contributed by atoms with Gasteiger partial charge < -0.3 is 10.1 Å². The molecule has 1 N–H and O–H groups in total. The predicted molar refractivity (Wildman–Crippen MR) is 68.5 cm³/mol. The van der Waals surface area contributed by atoms with Gasteiger partial charge in [-0.15, -0.1) is 0 Å². The highest BCUT2D eigenvalue weighted by atomic mass is 32.2. The van der Waals surface area contributed by atoms with E-state index in [4.69, 9.17) is 4.74 Å². The Labute approximate surface area is 108 Å². The molecule has 106 valence electrons. The highest BCUT2D eigenvalue weighted by molar-refractivity contribution is 7.89. The molecule has 0 aliphatic rings. The van der Waals surface area contributed by atoms with Crippen molar-refractivity contribution in [2.75, 3.05) is 6.61 Å². The minimum Gasteiger partial charge on any atom is -0.444 e. The molecule has 0 unspecified atom stereocenters. The van der Waals surface area contributed by atoms with E-state index in [2.05, 4.69) is 9.50 Å². The van der Waals surface area contributed by atoms with Crippen LogP contribution in [0.25, 0.3) is 0 Å². The number of hydrogen-bond acceptors (Lipinski definition) is 5. The highest BCUT2D eigenvalue weighted by Gasteiger charge is 2.17. The molecule has 0 aliphatic carbocycles. The standard InChI is InChI=1S/C11H21NO5S/c1-6-16-18(14,15)8-7-9(2)12-10(13)17-11(3,4)5/h7-9H,6H2,1-5H3,(H,12,13)/b8-7+/t9-/m0/s1. The van der Waals surface area contributed by atoms with E-state index in [1.54, 1.807) is 34.6 Å². The molecule has 0 spiro atoms. The van der Waals surface area contributed by atoms with Gasteiger partial charge in [-0.25, -0.2) is 4.79 Å². The van der Waals surface area contributed by atoms with Gasteiger partial charge >= 0.3 is 6.09 Å². The molecule has 0 fully saturated rings. The third kappa shape index (κ3) is 9.00. The lowest BCUT2D eigenvalue weighted by molar-refractivity contribution is 0.0518. The second-order valence-corrected chi connectivity index (χ2v) is 6.16. The van der Waals surface area contributed by atoms with E-state index in [0.29, 0.717) is 0 Å². The van der Waals surface area contributed by atoms with Crippen LogP contribution in [0.15, 0.2) is 11.5 Å². The van der Waals surface area contributed by atoms with Crippen molar-refractivity contribution >= 4 is 16.2 Å². The van der Waals surface area contributed by atoms with Gasteiger partial charge in [0.2, 0.25) is 0 Å². The monoisotopic (exact) mass is 279 g/mol. The molecule has 0 saturated carbocycles. The fourth-order valence-corrected chi connectivity index (χ4v) is 1.79. The molecule has 0 bridgehead atoms. The summed E-state index contributed by atoms with van der Waals surface area (Å²) in [6.45, 7) is 8.50. The van der Waals surface area contributed by atoms with Crippen molar-refractivity contribution in [1.29, 1.82) is 0 Å². The largest absolute Gasteiger partial charge is 0.444 e. The number of nitrogens with one attached hydrogen (secondary N) is 1. The number of ether oxygens (including phenoxy) is 1. The summed E-state index contributed by atoms with van der Waals surface area (Å²) >= 11 is 0. The van der Waals surface area contributed by atoms with Crippen LogP contribution >= 0.6 is 0 Å². The first-order valence-corrected chi connectivity index (χ1v) is 7.10. The van der Waals surface area contributed by atoms with Crippen molar-refractivity contribution in [3.63, 3.8) is 0 Å². The lowest BCUT2D eigenvalue weighted by atomic mass is 10.2. The number of carbonyl (C=O) groups is 1. The topological polar surface area (TPSA) is 81.7 Å². The molecule has 1 amide bonds. The summed E-state index contributed by atoms with van der Waals surface area (Å²) in [7, 11) is -3.67. The van der Waals surface area contributed by atoms with E-state index in [1.807, 2.05) is 0 Å². The number of amides is 1. The fraction of sp³-hybridized carbons (Fsp3) is 0.727. The summed E-state index contributed by atoms with van der Waals surface area (Å²) < 4.78 is 31.9. The van der Waals surface area contributed by atoms with Crippen LogP contribution in [0.2, 0.25) is 0 Å². The number of alkyl carbamates (subject to hydrolysis) is 1. The van der Waals surface area contributed by atoms with Gasteiger partial charge in [0.05, 0.1) is 12.0 Å². The van der Waals surface area contributed by atoms with Gasteiger partial charge in [-0.05, 0) is 40.7 Å². The second kappa shape index (κ2) is 6.75. The van der Waals surface area contributed by atoms with E-state index < -0.39 is 27.9 Å².